The fourth-order valence-corrected chi connectivity index (χ4v) is 4.53. The lowest BCUT2D eigenvalue weighted by Gasteiger charge is -2.04. The van der Waals surface area contributed by atoms with E-state index < -0.39 is 0 Å². The number of hydrogen-bond donors (Lipinski definition) is 1. The molecule has 0 aromatic carbocycles. The maximum atomic E-state index is 6.17. The molecule has 0 unspecified atom stereocenters. The van der Waals surface area contributed by atoms with Gasteiger partial charge in [-0.15, -0.1) is 11.3 Å². The van der Waals surface area contributed by atoms with Gasteiger partial charge in [0.05, 0.1) is 10.4 Å². The Morgan fingerprint density at radius 2 is 2.00 bits per heavy atom. The number of anilines is 1. The molecule has 0 bridgehead atoms. The second-order valence-electron chi connectivity index (χ2n) is 6.60. The normalized spacial score (nSPS) is 11.7. The van der Waals surface area contributed by atoms with Crippen LogP contribution in [0.4, 0.5) is 5.82 Å². The number of nitrogen functional groups attached to an aromatic ring is 1. The molecular formula is C20H17N5OS. The zero-order valence-electron chi connectivity index (χ0n) is 15.1. The molecule has 5 aromatic rings. The molecule has 0 fully saturated rings. The topological polar surface area (TPSA) is 82.8 Å². The standard InChI is InChI=1S/C20H17N5OS/c1-10-18(11(2)25(3)24-10)14-7-23-20(21)19-13(14)6-16(26-19)15-9-27-17-8-22-5-4-12(15)17/h4-9H,1-3H3,(H2,21,23). The summed E-state index contributed by atoms with van der Waals surface area (Å²) in [7, 11) is 1.94. The Bertz CT molecular complexity index is 1330. The van der Waals surface area contributed by atoms with Crippen LogP contribution in [0.1, 0.15) is 11.4 Å². The molecule has 134 valence electrons. The van der Waals surface area contributed by atoms with Crippen molar-refractivity contribution in [2.45, 2.75) is 13.8 Å². The molecule has 5 aromatic heterocycles. The number of nitrogens with two attached hydrogens (primary N) is 1. The minimum absolute atomic E-state index is 0.389. The molecule has 0 atom stereocenters. The third-order valence-corrected chi connectivity index (χ3v) is 5.94. The van der Waals surface area contributed by atoms with E-state index in [2.05, 4.69) is 33.4 Å². The number of aromatic nitrogens is 4. The van der Waals surface area contributed by atoms with Gasteiger partial charge in [0, 0.05) is 64.2 Å². The van der Waals surface area contributed by atoms with Gasteiger partial charge in [0.2, 0.25) is 0 Å². The first-order valence-corrected chi connectivity index (χ1v) is 9.42. The minimum atomic E-state index is 0.389. The molecule has 2 N–H and O–H groups in total. The van der Waals surface area contributed by atoms with E-state index in [0.717, 1.165) is 49.3 Å². The van der Waals surface area contributed by atoms with Crippen LogP contribution in [0.15, 0.2) is 40.5 Å². The molecule has 0 spiro atoms. The van der Waals surface area contributed by atoms with E-state index in [1.54, 1.807) is 17.5 Å². The summed E-state index contributed by atoms with van der Waals surface area (Å²) < 4.78 is 9.18. The van der Waals surface area contributed by atoms with Gasteiger partial charge in [-0.05, 0) is 26.0 Å². The quantitative estimate of drug-likeness (QED) is 0.483. The summed E-state index contributed by atoms with van der Waals surface area (Å²) >= 11 is 1.65. The van der Waals surface area contributed by atoms with E-state index in [-0.39, 0.29) is 0 Å². The van der Waals surface area contributed by atoms with E-state index in [4.69, 9.17) is 10.2 Å². The van der Waals surface area contributed by atoms with Crippen molar-refractivity contribution in [1.29, 1.82) is 0 Å². The maximum absolute atomic E-state index is 6.17. The van der Waals surface area contributed by atoms with Crippen LogP contribution in [0.25, 0.3) is 43.5 Å². The van der Waals surface area contributed by atoms with Gasteiger partial charge in [-0.25, -0.2) is 4.98 Å². The number of thiophene rings is 1. The number of fused-ring (bicyclic) bond motifs is 2. The predicted molar refractivity (Wildman–Crippen MR) is 109 cm³/mol. The SMILES string of the molecule is Cc1nn(C)c(C)c1-c1cnc(N)c2oc(-c3csc4cnccc34)cc12. The molecule has 0 radical (unpaired) electrons. The minimum Gasteiger partial charge on any atom is -0.452 e. The molecule has 0 saturated heterocycles. The highest BCUT2D eigenvalue weighted by Gasteiger charge is 2.20. The number of aryl methyl sites for hydroxylation is 2. The molecule has 27 heavy (non-hydrogen) atoms. The summed E-state index contributed by atoms with van der Waals surface area (Å²) in [6.07, 6.45) is 5.48. The maximum Gasteiger partial charge on any atom is 0.177 e. The lowest BCUT2D eigenvalue weighted by molar-refractivity contribution is 0.632. The fraction of sp³-hybridized carbons (Fsp3) is 0.150. The van der Waals surface area contributed by atoms with Gasteiger partial charge < -0.3 is 10.2 Å². The first-order chi connectivity index (χ1) is 13.0. The van der Waals surface area contributed by atoms with Crippen LogP contribution in [0.3, 0.4) is 0 Å². The smallest absolute Gasteiger partial charge is 0.177 e. The summed E-state index contributed by atoms with van der Waals surface area (Å²) in [5.74, 6) is 1.17. The van der Waals surface area contributed by atoms with Crippen molar-refractivity contribution in [3.63, 3.8) is 0 Å². The average molecular weight is 375 g/mol. The summed E-state index contributed by atoms with van der Waals surface area (Å²) in [5.41, 5.74) is 11.9. The number of pyridine rings is 2. The molecule has 0 aliphatic heterocycles. The van der Waals surface area contributed by atoms with Crippen LogP contribution in [0, 0.1) is 13.8 Å². The third-order valence-electron chi connectivity index (χ3n) is 5.01. The van der Waals surface area contributed by atoms with Crippen LogP contribution >= 0.6 is 11.3 Å². The summed E-state index contributed by atoms with van der Waals surface area (Å²) in [6.45, 7) is 4.06. The van der Waals surface area contributed by atoms with Crippen LogP contribution in [-0.4, -0.2) is 19.7 Å². The summed E-state index contributed by atoms with van der Waals surface area (Å²) in [4.78, 5) is 8.56. The highest BCUT2D eigenvalue weighted by Crippen LogP contribution is 2.41. The van der Waals surface area contributed by atoms with Crippen LogP contribution < -0.4 is 5.73 Å². The number of hydrogen-bond acceptors (Lipinski definition) is 6. The predicted octanol–water partition coefficient (Wildman–Crippen LogP) is 4.70. The molecule has 0 aliphatic rings. The van der Waals surface area contributed by atoms with Gasteiger partial charge in [0.25, 0.3) is 0 Å². The van der Waals surface area contributed by atoms with E-state index in [9.17, 15) is 0 Å². The highest BCUT2D eigenvalue weighted by atomic mass is 32.1. The van der Waals surface area contributed by atoms with Crippen molar-refractivity contribution < 1.29 is 4.42 Å². The molecular weight excluding hydrogens is 358 g/mol. The second-order valence-corrected chi connectivity index (χ2v) is 7.51. The zero-order chi connectivity index (χ0) is 18.7. The fourth-order valence-electron chi connectivity index (χ4n) is 3.61. The van der Waals surface area contributed by atoms with Gasteiger partial charge in [-0.2, -0.15) is 5.10 Å². The summed E-state index contributed by atoms with van der Waals surface area (Å²) in [5, 5.41) is 8.70. The van der Waals surface area contributed by atoms with E-state index in [1.165, 1.54) is 0 Å². The monoisotopic (exact) mass is 375 g/mol. The van der Waals surface area contributed by atoms with Crippen molar-refractivity contribution in [1.82, 2.24) is 19.7 Å². The lowest BCUT2D eigenvalue weighted by Crippen LogP contribution is -1.94. The first kappa shape index (κ1) is 16.0. The van der Waals surface area contributed by atoms with Crippen LogP contribution in [-0.2, 0) is 7.05 Å². The highest BCUT2D eigenvalue weighted by molar-refractivity contribution is 7.17. The van der Waals surface area contributed by atoms with Gasteiger partial charge in [-0.3, -0.25) is 9.67 Å². The van der Waals surface area contributed by atoms with Crippen LogP contribution in [0.2, 0.25) is 0 Å². The Morgan fingerprint density at radius 3 is 2.78 bits per heavy atom. The molecule has 7 heteroatoms. The van der Waals surface area contributed by atoms with Crippen molar-refractivity contribution in [3.8, 4) is 22.5 Å². The Labute approximate surface area is 159 Å². The van der Waals surface area contributed by atoms with Gasteiger partial charge in [-0.1, -0.05) is 0 Å². The van der Waals surface area contributed by atoms with Crippen molar-refractivity contribution >= 4 is 38.2 Å². The van der Waals surface area contributed by atoms with E-state index in [1.807, 2.05) is 37.1 Å². The van der Waals surface area contributed by atoms with Gasteiger partial charge >= 0.3 is 0 Å². The van der Waals surface area contributed by atoms with Gasteiger partial charge in [0.15, 0.2) is 11.4 Å². The van der Waals surface area contributed by atoms with Crippen molar-refractivity contribution in [3.05, 3.63) is 47.5 Å². The zero-order valence-corrected chi connectivity index (χ0v) is 16.0. The lowest BCUT2D eigenvalue weighted by atomic mass is 10.0. The molecule has 0 aliphatic carbocycles. The third kappa shape index (κ3) is 2.28. The number of nitrogens with zero attached hydrogens (tertiary/aromatic N) is 4. The largest absolute Gasteiger partial charge is 0.452 e. The average Bonchev–Trinajstić information content (AvgIpc) is 3.33. The molecule has 5 heterocycles. The Hall–Kier alpha value is -3.19. The molecule has 0 saturated carbocycles. The Kier molecular flexibility index (Phi) is 3.35. The van der Waals surface area contributed by atoms with Crippen molar-refractivity contribution in [2.24, 2.45) is 7.05 Å². The summed E-state index contributed by atoms with van der Waals surface area (Å²) in [6, 6.07) is 4.06. The first-order valence-electron chi connectivity index (χ1n) is 8.54. The second kappa shape index (κ2) is 5.65. The van der Waals surface area contributed by atoms with E-state index >= 15 is 0 Å². The number of furan rings is 1. The van der Waals surface area contributed by atoms with Gasteiger partial charge in [0.1, 0.15) is 5.76 Å². The Morgan fingerprint density at radius 1 is 1.15 bits per heavy atom. The number of rotatable bonds is 2. The molecule has 6 nitrogen and oxygen atoms in total. The molecule has 5 rings (SSSR count). The molecule has 0 amide bonds. The van der Waals surface area contributed by atoms with Crippen molar-refractivity contribution in [2.75, 3.05) is 5.73 Å². The van der Waals surface area contributed by atoms with Crippen LogP contribution in [0.5, 0.6) is 0 Å². The van der Waals surface area contributed by atoms with E-state index in [0.29, 0.717) is 11.4 Å². The Balaban J connectivity index is 1.80.